The summed E-state index contributed by atoms with van der Waals surface area (Å²) in [5, 5.41) is 0.318. The number of sulfonamides is 1. The summed E-state index contributed by atoms with van der Waals surface area (Å²) < 4.78 is 39.9. The second kappa shape index (κ2) is 9.87. The quantitative estimate of drug-likeness (QED) is 0.619. The van der Waals surface area contributed by atoms with Crippen LogP contribution in [0.1, 0.15) is 27.2 Å². The molecule has 2 aromatic carbocycles. The second-order valence-electron chi connectivity index (χ2n) is 8.54. The highest BCUT2D eigenvalue weighted by Crippen LogP contribution is 2.28. The molecule has 2 aromatic rings. The number of hydrogen-bond donors (Lipinski definition) is 1. The van der Waals surface area contributed by atoms with Crippen LogP contribution in [0.5, 0.6) is 5.75 Å². The predicted octanol–water partition coefficient (Wildman–Crippen LogP) is 4.73. The van der Waals surface area contributed by atoms with Gasteiger partial charge in [0.05, 0.1) is 11.1 Å². The third-order valence-corrected chi connectivity index (χ3v) is 6.97. The van der Waals surface area contributed by atoms with Crippen LogP contribution in [0.15, 0.2) is 53.4 Å². The molecule has 0 unspecified atom stereocenters. The zero-order chi connectivity index (χ0) is 23.5. The minimum atomic E-state index is -3.96. The number of hydrogen-bond acceptors (Lipinski definition) is 5. The van der Waals surface area contributed by atoms with E-state index in [0.717, 1.165) is 0 Å². The third-order valence-electron chi connectivity index (χ3n) is 4.73. The van der Waals surface area contributed by atoms with E-state index in [-0.39, 0.29) is 34.1 Å². The Kier molecular flexibility index (Phi) is 7.60. The summed E-state index contributed by atoms with van der Waals surface area (Å²) in [5.74, 6) is 0.659. The number of carbonyl (C=O) groups is 1. The van der Waals surface area contributed by atoms with Gasteiger partial charge in [0.15, 0.2) is 0 Å². The molecule has 3 rings (SSSR count). The first-order valence-corrected chi connectivity index (χ1v) is 12.3. The second-order valence-corrected chi connectivity index (χ2v) is 11.1. The Morgan fingerprint density at radius 2 is 1.84 bits per heavy atom. The van der Waals surface area contributed by atoms with E-state index >= 15 is 0 Å². The minimum absolute atomic E-state index is 0.0628. The van der Waals surface area contributed by atoms with Crippen LogP contribution in [-0.4, -0.2) is 50.2 Å². The van der Waals surface area contributed by atoms with E-state index in [4.69, 9.17) is 32.7 Å². The molecule has 0 radical (unpaired) electrons. The van der Waals surface area contributed by atoms with Gasteiger partial charge in [-0.05, 0) is 57.5 Å². The molecular weight excluding hydrogens is 475 g/mol. The SMILES string of the molecule is CC(C)(C)OC(=O)N1C[C@H](NS(=O)(=O)c2cc(Cl)ccc2Cl)C[C@@H]1COc1ccccc1. The molecule has 32 heavy (non-hydrogen) atoms. The number of nitrogens with zero attached hydrogens (tertiary/aromatic N) is 1. The van der Waals surface area contributed by atoms with Crippen molar-refractivity contribution in [1.82, 2.24) is 9.62 Å². The highest BCUT2D eigenvalue weighted by atomic mass is 35.5. The van der Waals surface area contributed by atoms with Crippen molar-refractivity contribution in [3.63, 3.8) is 0 Å². The van der Waals surface area contributed by atoms with Crippen molar-refractivity contribution < 1.29 is 22.7 Å². The molecule has 0 saturated carbocycles. The fourth-order valence-electron chi connectivity index (χ4n) is 3.38. The van der Waals surface area contributed by atoms with Crippen molar-refractivity contribution >= 4 is 39.3 Å². The molecule has 1 aliphatic heterocycles. The zero-order valence-electron chi connectivity index (χ0n) is 18.0. The van der Waals surface area contributed by atoms with E-state index < -0.39 is 27.8 Å². The Labute approximate surface area is 198 Å². The first-order valence-electron chi connectivity index (χ1n) is 10.1. The number of benzene rings is 2. The van der Waals surface area contributed by atoms with Gasteiger partial charge in [0, 0.05) is 17.6 Å². The molecule has 174 valence electrons. The molecule has 1 fully saturated rings. The average molecular weight is 501 g/mol. The lowest BCUT2D eigenvalue weighted by molar-refractivity contribution is 0.0185. The van der Waals surface area contributed by atoms with Gasteiger partial charge in [0.2, 0.25) is 10.0 Å². The van der Waals surface area contributed by atoms with Gasteiger partial charge in [-0.1, -0.05) is 41.4 Å². The number of rotatable bonds is 6. The van der Waals surface area contributed by atoms with Crippen molar-refractivity contribution in [2.75, 3.05) is 13.2 Å². The van der Waals surface area contributed by atoms with Gasteiger partial charge in [0.1, 0.15) is 22.9 Å². The lowest BCUT2D eigenvalue weighted by Crippen LogP contribution is -2.43. The number of halogens is 2. The molecule has 1 N–H and O–H groups in total. The highest BCUT2D eigenvalue weighted by molar-refractivity contribution is 7.89. The third kappa shape index (κ3) is 6.51. The van der Waals surface area contributed by atoms with Crippen LogP contribution in [0.4, 0.5) is 4.79 Å². The Bertz CT molecular complexity index is 1060. The first kappa shape index (κ1) is 24.6. The van der Waals surface area contributed by atoms with Crippen LogP contribution in [0.3, 0.4) is 0 Å². The summed E-state index contributed by atoms with van der Waals surface area (Å²) in [6.45, 7) is 5.65. The van der Waals surface area contributed by atoms with Gasteiger partial charge in [-0.3, -0.25) is 0 Å². The largest absolute Gasteiger partial charge is 0.491 e. The summed E-state index contributed by atoms with van der Waals surface area (Å²) in [5.41, 5.74) is -0.687. The number of likely N-dealkylation sites (tertiary alicyclic amines) is 1. The Balaban J connectivity index is 1.77. The van der Waals surface area contributed by atoms with E-state index in [9.17, 15) is 13.2 Å². The molecule has 0 aromatic heterocycles. The van der Waals surface area contributed by atoms with E-state index in [1.807, 2.05) is 30.3 Å². The molecule has 7 nitrogen and oxygen atoms in total. The van der Waals surface area contributed by atoms with E-state index in [2.05, 4.69) is 4.72 Å². The highest BCUT2D eigenvalue weighted by Gasteiger charge is 2.40. The summed E-state index contributed by atoms with van der Waals surface area (Å²) in [6.07, 6.45) is -0.176. The van der Waals surface area contributed by atoms with Crippen molar-refractivity contribution in [3.05, 3.63) is 58.6 Å². The van der Waals surface area contributed by atoms with Crippen LogP contribution in [0, 0.1) is 0 Å². The Hall–Kier alpha value is -2.00. The average Bonchev–Trinajstić information content (AvgIpc) is 3.10. The summed E-state index contributed by atoms with van der Waals surface area (Å²) in [7, 11) is -3.96. The molecular formula is C22H26Cl2N2O5S. The normalized spacial score (nSPS) is 19.1. The van der Waals surface area contributed by atoms with Gasteiger partial charge in [-0.25, -0.2) is 17.9 Å². The molecule has 1 heterocycles. The Morgan fingerprint density at radius 1 is 1.16 bits per heavy atom. The van der Waals surface area contributed by atoms with Crippen LogP contribution in [-0.2, 0) is 14.8 Å². The van der Waals surface area contributed by atoms with Crippen molar-refractivity contribution in [2.24, 2.45) is 0 Å². The van der Waals surface area contributed by atoms with E-state index in [1.54, 1.807) is 20.8 Å². The molecule has 0 spiro atoms. The van der Waals surface area contributed by atoms with Gasteiger partial charge >= 0.3 is 6.09 Å². The maximum absolute atomic E-state index is 12.9. The molecule has 10 heteroatoms. The van der Waals surface area contributed by atoms with Crippen LogP contribution in [0.25, 0.3) is 0 Å². The predicted molar refractivity (Wildman–Crippen MR) is 124 cm³/mol. The standard InChI is InChI=1S/C22H26Cl2N2O5S/c1-22(2,3)31-21(27)26-13-16(12-17(26)14-30-18-7-5-4-6-8-18)25-32(28,29)20-11-15(23)9-10-19(20)24/h4-11,16-17,25H,12-14H2,1-3H3/t16-,17-/m1/s1. The fourth-order valence-corrected chi connectivity index (χ4v) is 5.38. The van der Waals surface area contributed by atoms with Gasteiger partial charge in [-0.15, -0.1) is 0 Å². The van der Waals surface area contributed by atoms with E-state index in [1.165, 1.54) is 23.1 Å². The smallest absolute Gasteiger partial charge is 0.410 e. The summed E-state index contributed by atoms with van der Waals surface area (Å²) in [4.78, 5) is 14.2. The maximum Gasteiger partial charge on any atom is 0.410 e. The van der Waals surface area contributed by atoms with Crippen molar-refractivity contribution in [1.29, 1.82) is 0 Å². The molecule has 1 saturated heterocycles. The fraction of sp³-hybridized carbons (Fsp3) is 0.409. The topological polar surface area (TPSA) is 84.9 Å². The molecule has 1 amide bonds. The van der Waals surface area contributed by atoms with E-state index in [0.29, 0.717) is 12.2 Å². The lowest BCUT2D eigenvalue weighted by atomic mass is 10.2. The number of amides is 1. The maximum atomic E-state index is 12.9. The number of para-hydroxylation sites is 1. The monoisotopic (exact) mass is 500 g/mol. The van der Waals surface area contributed by atoms with Crippen molar-refractivity contribution in [3.8, 4) is 5.75 Å². The number of carbonyl (C=O) groups excluding carboxylic acids is 1. The van der Waals surface area contributed by atoms with Crippen LogP contribution in [0.2, 0.25) is 10.0 Å². The van der Waals surface area contributed by atoms with Crippen LogP contribution < -0.4 is 9.46 Å². The molecule has 1 aliphatic rings. The number of nitrogens with one attached hydrogen (secondary N) is 1. The molecule has 2 atom stereocenters. The lowest BCUT2D eigenvalue weighted by Gasteiger charge is -2.28. The Morgan fingerprint density at radius 3 is 2.50 bits per heavy atom. The molecule has 0 aliphatic carbocycles. The summed E-state index contributed by atoms with van der Waals surface area (Å²) in [6, 6.07) is 12.5. The van der Waals surface area contributed by atoms with Gasteiger partial charge < -0.3 is 14.4 Å². The van der Waals surface area contributed by atoms with Gasteiger partial charge in [-0.2, -0.15) is 0 Å². The first-order chi connectivity index (χ1) is 14.9. The zero-order valence-corrected chi connectivity index (χ0v) is 20.4. The summed E-state index contributed by atoms with van der Waals surface area (Å²) >= 11 is 12.0. The van der Waals surface area contributed by atoms with Crippen LogP contribution >= 0.6 is 23.2 Å². The van der Waals surface area contributed by atoms with Gasteiger partial charge in [0.25, 0.3) is 0 Å². The molecule has 0 bridgehead atoms. The van der Waals surface area contributed by atoms with Crippen molar-refractivity contribution in [2.45, 2.75) is 49.8 Å². The number of ether oxygens (including phenoxy) is 2. The minimum Gasteiger partial charge on any atom is -0.491 e.